The molecule has 25 heavy (non-hydrogen) atoms. The van der Waals surface area contributed by atoms with Crippen molar-refractivity contribution >= 4 is 10.9 Å². The first-order valence-electron chi connectivity index (χ1n) is 8.18. The molecule has 0 radical (unpaired) electrons. The van der Waals surface area contributed by atoms with Crippen LogP contribution in [0, 0.1) is 5.82 Å². The summed E-state index contributed by atoms with van der Waals surface area (Å²) in [4.78, 5) is 4.73. The Morgan fingerprint density at radius 3 is 2.44 bits per heavy atom. The van der Waals surface area contributed by atoms with Gasteiger partial charge in [0.05, 0.1) is 25.4 Å². The molecule has 5 heteroatoms. The molecule has 2 heterocycles. The molecular formula is C20H20FNO3. The van der Waals surface area contributed by atoms with E-state index in [1.165, 1.54) is 12.1 Å². The van der Waals surface area contributed by atoms with Gasteiger partial charge in [-0.1, -0.05) is 13.8 Å². The van der Waals surface area contributed by atoms with Crippen LogP contribution in [0.25, 0.3) is 22.2 Å². The number of pyridine rings is 1. The van der Waals surface area contributed by atoms with E-state index in [4.69, 9.17) is 19.2 Å². The Balaban J connectivity index is 0.000000880. The Morgan fingerprint density at radius 1 is 1.00 bits per heavy atom. The normalized spacial score (nSPS) is 11.6. The molecule has 0 aliphatic carbocycles. The summed E-state index contributed by atoms with van der Waals surface area (Å²) in [6.45, 7) is 4.36. The van der Waals surface area contributed by atoms with Crippen LogP contribution in [0.2, 0.25) is 0 Å². The van der Waals surface area contributed by atoms with E-state index in [-0.39, 0.29) is 5.82 Å². The number of rotatable bonds is 2. The van der Waals surface area contributed by atoms with Crippen molar-refractivity contribution in [2.24, 2.45) is 0 Å². The Kier molecular flexibility index (Phi) is 4.74. The number of halogens is 1. The number of ether oxygens (including phenoxy) is 3. The maximum absolute atomic E-state index is 13.4. The average molecular weight is 341 g/mol. The Hall–Kier alpha value is -2.82. The molecule has 0 saturated carbocycles. The molecule has 3 aromatic rings. The van der Waals surface area contributed by atoms with E-state index in [0.717, 1.165) is 27.7 Å². The largest absolute Gasteiger partial charge is 0.493 e. The van der Waals surface area contributed by atoms with E-state index in [1.54, 1.807) is 20.3 Å². The van der Waals surface area contributed by atoms with Gasteiger partial charge in [0, 0.05) is 28.6 Å². The van der Waals surface area contributed by atoms with Crippen LogP contribution in [-0.4, -0.2) is 19.2 Å². The van der Waals surface area contributed by atoms with Gasteiger partial charge in [0.25, 0.3) is 0 Å². The van der Waals surface area contributed by atoms with E-state index in [2.05, 4.69) is 0 Å². The molecule has 0 fully saturated rings. The van der Waals surface area contributed by atoms with Gasteiger partial charge in [-0.25, -0.2) is 9.37 Å². The molecule has 0 atom stereocenters. The fourth-order valence-corrected chi connectivity index (χ4v) is 2.85. The summed E-state index contributed by atoms with van der Waals surface area (Å²) < 4.78 is 29.7. The maximum Gasteiger partial charge on any atom is 0.162 e. The quantitative estimate of drug-likeness (QED) is 0.659. The lowest BCUT2D eigenvalue weighted by atomic mass is 10.0. The van der Waals surface area contributed by atoms with Crippen molar-refractivity contribution in [2.75, 3.05) is 14.2 Å². The minimum Gasteiger partial charge on any atom is -0.493 e. The minimum atomic E-state index is -0.320. The predicted molar refractivity (Wildman–Crippen MR) is 95.9 cm³/mol. The van der Waals surface area contributed by atoms with Crippen molar-refractivity contribution in [3.8, 4) is 28.5 Å². The third-order valence-corrected chi connectivity index (χ3v) is 3.98. The van der Waals surface area contributed by atoms with Crippen LogP contribution in [0.15, 0.2) is 36.4 Å². The number of hydrogen-bond acceptors (Lipinski definition) is 4. The van der Waals surface area contributed by atoms with Crippen LogP contribution in [0.3, 0.4) is 0 Å². The molecule has 0 bridgehead atoms. The molecule has 2 aromatic carbocycles. The zero-order valence-corrected chi connectivity index (χ0v) is 14.7. The zero-order chi connectivity index (χ0) is 18.0. The third-order valence-electron chi connectivity index (χ3n) is 3.98. The lowest BCUT2D eigenvalue weighted by Crippen LogP contribution is -2.07. The summed E-state index contributed by atoms with van der Waals surface area (Å²) in [6.07, 6.45) is 0. The molecule has 0 unspecified atom stereocenters. The second-order valence-electron chi connectivity index (χ2n) is 5.33. The number of fused-ring (bicyclic) bond motifs is 4. The van der Waals surface area contributed by atoms with Gasteiger partial charge < -0.3 is 14.2 Å². The van der Waals surface area contributed by atoms with Crippen molar-refractivity contribution in [1.29, 1.82) is 0 Å². The molecule has 130 valence electrons. The van der Waals surface area contributed by atoms with Gasteiger partial charge in [-0.05, 0) is 24.3 Å². The minimum absolute atomic E-state index is 0.320. The highest BCUT2D eigenvalue weighted by atomic mass is 19.1. The predicted octanol–water partition coefficient (Wildman–Crippen LogP) is 4.98. The van der Waals surface area contributed by atoms with E-state index in [9.17, 15) is 4.39 Å². The molecule has 4 rings (SSSR count). The van der Waals surface area contributed by atoms with Gasteiger partial charge in [0.2, 0.25) is 0 Å². The van der Waals surface area contributed by atoms with Gasteiger partial charge in [0.1, 0.15) is 18.2 Å². The van der Waals surface area contributed by atoms with Gasteiger partial charge >= 0.3 is 0 Å². The van der Waals surface area contributed by atoms with Crippen molar-refractivity contribution < 1.29 is 18.6 Å². The highest BCUT2D eigenvalue weighted by molar-refractivity contribution is 5.87. The zero-order valence-electron chi connectivity index (χ0n) is 14.7. The summed E-state index contributed by atoms with van der Waals surface area (Å²) in [5, 5.41) is 0.940. The first kappa shape index (κ1) is 17.0. The highest BCUT2D eigenvalue weighted by Gasteiger charge is 2.20. The molecule has 0 saturated heterocycles. The molecule has 4 nitrogen and oxygen atoms in total. The van der Waals surface area contributed by atoms with Gasteiger partial charge in [-0.2, -0.15) is 0 Å². The number of nitrogens with zero attached hydrogens (tertiary/aromatic N) is 1. The molecule has 1 aliphatic rings. The molecule has 1 aliphatic heterocycles. The lowest BCUT2D eigenvalue weighted by Gasteiger charge is -2.21. The molecular weight excluding hydrogens is 321 g/mol. The molecule has 0 amide bonds. The standard InChI is InChI=1S/C18H14FNO3.C2H6/c1-21-16-6-10-5-11-9-23-15-7-12(19)3-4-13(15)18(11)20-14(10)8-17(16)22-2;1-2/h3-8H,9H2,1-2H3;1-2H3. The highest BCUT2D eigenvalue weighted by Crippen LogP contribution is 2.39. The van der Waals surface area contributed by atoms with Crippen LogP contribution in [0.1, 0.15) is 19.4 Å². The van der Waals surface area contributed by atoms with E-state index in [1.807, 2.05) is 32.0 Å². The van der Waals surface area contributed by atoms with E-state index >= 15 is 0 Å². The second kappa shape index (κ2) is 6.97. The van der Waals surface area contributed by atoms with Crippen molar-refractivity contribution in [3.05, 3.63) is 47.8 Å². The van der Waals surface area contributed by atoms with Crippen molar-refractivity contribution in [2.45, 2.75) is 20.5 Å². The SMILES string of the molecule is CC.COc1cc2cc3c(nc2cc1OC)-c1ccc(F)cc1OC3. The monoisotopic (exact) mass is 341 g/mol. The molecule has 0 N–H and O–H groups in total. The number of aromatic nitrogens is 1. The van der Waals surface area contributed by atoms with Crippen molar-refractivity contribution in [3.63, 3.8) is 0 Å². The van der Waals surface area contributed by atoms with E-state index in [0.29, 0.717) is 23.9 Å². The van der Waals surface area contributed by atoms with E-state index < -0.39 is 0 Å². The fraction of sp³-hybridized carbons (Fsp3) is 0.250. The summed E-state index contributed by atoms with van der Waals surface area (Å²) in [6, 6.07) is 10.2. The summed E-state index contributed by atoms with van der Waals surface area (Å²) in [5.74, 6) is 1.48. The second-order valence-corrected chi connectivity index (χ2v) is 5.33. The Labute approximate surface area is 146 Å². The molecule has 1 aromatic heterocycles. The van der Waals surface area contributed by atoms with Gasteiger partial charge in [-0.15, -0.1) is 0 Å². The van der Waals surface area contributed by atoms with Gasteiger partial charge in [-0.3, -0.25) is 0 Å². The molecule has 0 spiro atoms. The topological polar surface area (TPSA) is 40.6 Å². The average Bonchev–Trinajstić information content (AvgIpc) is 2.66. The summed E-state index contributed by atoms with van der Waals surface area (Å²) in [5.41, 5.74) is 3.36. The van der Waals surface area contributed by atoms with Crippen LogP contribution < -0.4 is 14.2 Å². The number of hydrogen-bond donors (Lipinski definition) is 0. The first-order valence-corrected chi connectivity index (χ1v) is 8.18. The fourth-order valence-electron chi connectivity index (χ4n) is 2.85. The van der Waals surface area contributed by atoms with Crippen LogP contribution in [0.5, 0.6) is 17.2 Å². The lowest BCUT2D eigenvalue weighted by molar-refractivity contribution is 0.300. The third kappa shape index (κ3) is 2.97. The van der Waals surface area contributed by atoms with Gasteiger partial charge in [0.15, 0.2) is 11.5 Å². The number of benzene rings is 2. The van der Waals surface area contributed by atoms with Crippen LogP contribution >= 0.6 is 0 Å². The summed E-state index contributed by atoms with van der Waals surface area (Å²) in [7, 11) is 3.19. The first-order chi connectivity index (χ1) is 12.2. The number of methoxy groups -OCH3 is 2. The smallest absolute Gasteiger partial charge is 0.162 e. The van der Waals surface area contributed by atoms with Crippen LogP contribution in [-0.2, 0) is 6.61 Å². The van der Waals surface area contributed by atoms with Crippen molar-refractivity contribution in [1.82, 2.24) is 4.98 Å². The Bertz CT molecular complexity index is 924. The summed E-state index contributed by atoms with van der Waals surface area (Å²) >= 11 is 0. The van der Waals surface area contributed by atoms with Crippen LogP contribution in [0.4, 0.5) is 4.39 Å². The Morgan fingerprint density at radius 2 is 1.72 bits per heavy atom. The maximum atomic E-state index is 13.4.